The molecule has 1 nitrogen and oxygen atoms in total. The Bertz CT molecular complexity index is 192. The van der Waals surface area contributed by atoms with Crippen molar-refractivity contribution in [3.8, 4) is 0 Å². The second-order valence-electron chi connectivity index (χ2n) is 5.46. The molecule has 1 saturated carbocycles. The van der Waals surface area contributed by atoms with Gasteiger partial charge in [0.15, 0.2) is 0 Å². The van der Waals surface area contributed by atoms with Gasteiger partial charge in [-0.15, -0.1) is 0 Å². The van der Waals surface area contributed by atoms with Crippen molar-refractivity contribution in [2.24, 2.45) is 5.92 Å². The molecule has 17 heavy (non-hydrogen) atoms. The van der Waals surface area contributed by atoms with Crippen molar-refractivity contribution in [2.75, 3.05) is 0 Å². The summed E-state index contributed by atoms with van der Waals surface area (Å²) in [7, 11) is 0. The second-order valence-corrected chi connectivity index (χ2v) is 5.46. The van der Waals surface area contributed by atoms with Crippen molar-refractivity contribution >= 4 is 0 Å². The minimum Gasteiger partial charge on any atom is -0.498 e. The molecule has 0 N–H and O–H groups in total. The van der Waals surface area contributed by atoms with Crippen molar-refractivity contribution in [1.29, 1.82) is 0 Å². The molecule has 0 aromatic heterocycles. The van der Waals surface area contributed by atoms with Crippen LogP contribution in [0.4, 0.5) is 0 Å². The highest BCUT2D eigenvalue weighted by molar-refractivity contribution is 4.77. The smallest absolute Gasteiger partial charge is 0.0978 e. The fourth-order valence-electron chi connectivity index (χ4n) is 2.65. The van der Waals surface area contributed by atoms with E-state index in [0.29, 0.717) is 6.10 Å². The van der Waals surface area contributed by atoms with Gasteiger partial charge in [-0.1, -0.05) is 45.4 Å². The van der Waals surface area contributed by atoms with E-state index in [1.807, 2.05) is 6.26 Å². The Balaban J connectivity index is 2.01. The number of hydrogen-bond donors (Lipinski definition) is 0. The van der Waals surface area contributed by atoms with Crippen molar-refractivity contribution in [2.45, 2.75) is 84.2 Å². The predicted molar refractivity (Wildman–Crippen MR) is 75.0 cm³/mol. The van der Waals surface area contributed by atoms with Crippen LogP contribution < -0.4 is 0 Å². The molecule has 1 aliphatic rings. The predicted octanol–water partition coefficient (Wildman–Crippen LogP) is 5.46. The molecule has 100 valence electrons. The number of ether oxygens (including phenoxy) is 1. The summed E-state index contributed by atoms with van der Waals surface area (Å²) in [5.41, 5.74) is 0. The van der Waals surface area contributed by atoms with Gasteiger partial charge in [0.2, 0.25) is 0 Å². The van der Waals surface area contributed by atoms with E-state index in [1.165, 1.54) is 64.2 Å². The molecule has 1 fully saturated rings. The molecule has 1 heteroatoms. The highest BCUT2D eigenvalue weighted by Crippen LogP contribution is 2.27. The lowest BCUT2D eigenvalue weighted by Gasteiger charge is -2.26. The van der Waals surface area contributed by atoms with Crippen LogP contribution in [0, 0.1) is 5.92 Å². The SMILES string of the molecule is CCCCCCC=COC(C)C1CCCCC1. The summed E-state index contributed by atoms with van der Waals surface area (Å²) < 4.78 is 5.81. The van der Waals surface area contributed by atoms with Gasteiger partial charge in [0, 0.05) is 0 Å². The molecule has 0 aliphatic heterocycles. The summed E-state index contributed by atoms with van der Waals surface area (Å²) in [5.74, 6) is 0.800. The molecule has 1 unspecified atom stereocenters. The van der Waals surface area contributed by atoms with E-state index in [2.05, 4.69) is 19.9 Å². The first-order valence-corrected chi connectivity index (χ1v) is 7.65. The quantitative estimate of drug-likeness (QED) is 0.403. The van der Waals surface area contributed by atoms with E-state index < -0.39 is 0 Å². The average molecular weight is 238 g/mol. The number of unbranched alkanes of at least 4 members (excludes halogenated alkanes) is 4. The molecule has 0 spiro atoms. The lowest BCUT2D eigenvalue weighted by molar-refractivity contribution is 0.0810. The Kier molecular flexibility index (Phi) is 8.21. The molecule has 0 amide bonds. The van der Waals surface area contributed by atoms with Gasteiger partial charge < -0.3 is 4.74 Å². The Morgan fingerprint density at radius 3 is 2.59 bits per heavy atom. The maximum atomic E-state index is 5.81. The molecule has 0 radical (unpaired) electrons. The topological polar surface area (TPSA) is 9.23 Å². The van der Waals surface area contributed by atoms with E-state index in [-0.39, 0.29) is 0 Å². The summed E-state index contributed by atoms with van der Waals surface area (Å²) in [6.45, 7) is 4.49. The fraction of sp³-hybridized carbons (Fsp3) is 0.875. The van der Waals surface area contributed by atoms with Crippen LogP contribution in [0.25, 0.3) is 0 Å². The molecular formula is C16H30O. The third-order valence-electron chi connectivity index (χ3n) is 3.93. The zero-order valence-electron chi connectivity index (χ0n) is 11.8. The monoisotopic (exact) mass is 238 g/mol. The largest absolute Gasteiger partial charge is 0.498 e. The van der Waals surface area contributed by atoms with Gasteiger partial charge in [-0.25, -0.2) is 0 Å². The van der Waals surface area contributed by atoms with Gasteiger partial charge in [0.05, 0.1) is 12.4 Å². The number of hydrogen-bond acceptors (Lipinski definition) is 1. The summed E-state index contributed by atoms with van der Waals surface area (Å²) in [6, 6.07) is 0. The fourth-order valence-corrected chi connectivity index (χ4v) is 2.65. The number of rotatable bonds is 8. The minimum atomic E-state index is 0.419. The molecule has 0 bridgehead atoms. The lowest BCUT2D eigenvalue weighted by Crippen LogP contribution is -2.21. The standard InChI is InChI=1S/C16H30O/c1-3-4-5-6-7-11-14-17-15(2)16-12-9-8-10-13-16/h11,14-16H,3-10,12-13H2,1-2H3. The third-order valence-corrected chi connectivity index (χ3v) is 3.93. The lowest BCUT2D eigenvalue weighted by atomic mass is 9.86. The van der Waals surface area contributed by atoms with Crippen molar-refractivity contribution < 1.29 is 4.74 Å². The van der Waals surface area contributed by atoms with Gasteiger partial charge >= 0.3 is 0 Å². The zero-order chi connectivity index (χ0) is 12.3. The summed E-state index contributed by atoms with van der Waals surface area (Å²) in [4.78, 5) is 0. The molecule has 0 saturated heterocycles. The summed E-state index contributed by atoms with van der Waals surface area (Å²) in [5, 5.41) is 0. The van der Waals surface area contributed by atoms with Gasteiger partial charge in [-0.05, 0) is 44.6 Å². The Morgan fingerprint density at radius 2 is 1.88 bits per heavy atom. The zero-order valence-corrected chi connectivity index (χ0v) is 11.8. The molecule has 0 aromatic rings. The Morgan fingerprint density at radius 1 is 1.12 bits per heavy atom. The number of allylic oxidation sites excluding steroid dienone is 1. The maximum Gasteiger partial charge on any atom is 0.0978 e. The molecule has 1 aliphatic carbocycles. The Hall–Kier alpha value is -0.460. The molecule has 1 atom stereocenters. The van der Waals surface area contributed by atoms with Crippen molar-refractivity contribution in [3.63, 3.8) is 0 Å². The summed E-state index contributed by atoms with van der Waals surface area (Å²) in [6.07, 6.45) is 18.1. The van der Waals surface area contributed by atoms with Crippen LogP contribution in [0.1, 0.15) is 78.1 Å². The maximum absolute atomic E-state index is 5.81. The van der Waals surface area contributed by atoms with Gasteiger partial charge in [0.25, 0.3) is 0 Å². The first-order chi connectivity index (χ1) is 8.34. The van der Waals surface area contributed by atoms with E-state index in [1.54, 1.807) is 0 Å². The van der Waals surface area contributed by atoms with E-state index in [9.17, 15) is 0 Å². The third kappa shape index (κ3) is 6.75. The second kappa shape index (κ2) is 9.56. The van der Waals surface area contributed by atoms with Crippen LogP contribution >= 0.6 is 0 Å². The average Bonchev–Trinajstić information content (AvgIpc) is 2.38. The van der Waals surface area contributed by atoms with Gasteiger partial charge in [-0.3, -0.25) is 0 Å². The molecule has 1 rings (SSSR count). The van der Waals surface area contributed by atoms with E-state index in [4.69, 9.17) is 4.74 Å². The van der Waals surface area contributed by atoms with Crippen LogP contribution in [0.15, 0.2) is 12.3 Å². The van der Waals surface area contributed by atoms with Gasteiger partial charge in [-0.2, -0.15) is 0 Å². The molecular weight excluding hydrogens is 208 g/mol. The molecule has 0 heterocycles. The van der Waals surface area contributed by atoms with E-state index in [0.717, 1.165) is 5.92 Å². The van der Waals surface area contributed by atoms with Gasteiger partial charge in [0.1, 0.15) is 0 Å². The first kappa shape index (κ1) is 14.6. The highest BCUT2D eigenvalue weighted by atomic mass is 16.5. The van der Waals surface area contributed by atoms with Crippen molar-refractivity contribution in [1.82, 2.24) is 0 Å². The first-order valence-electron chi connectivity index (χ1n) is 7.65. The molecule has 0 aromatic carbocycles. The highest BCUT2D eigenvalue weighted by Gasteiger charge is 2.19. The van der Waals surface area contributed by atoms with Crippen LogP contribution in [0.2, 0.25) is 0 Å². The normalized spacial score (nSPS) is 19.6. The minimum absolute atomic E-state index is 0.419. The van der Waals surface area contributed by atoms with Crippen LogP contribution in [-0.2, 0) is 4.74 Å². The van der Waals surface area contributed by atoms with Crippen LogP contribution in [0.5, 0.6) is 0 Å². The van der Waals surface area contributed by atoms with Crippen LogP contribution in [0.3, 0.4) is 0 Å². The van der Waals surface area contributed by atoms with Crippen LogP contribution in [-0.4, -0.2) is 6.10 Å². The Labute approximate surface area is 108 Å². The van der Waals surface area contributed by atoms with E-state index >= 15 is 0 Å². The summed E-state index contributed by atoms with van der Waals surface area (Å²) >= 11 is 0. The van der Waals surface area contributed by atoms with Crippen molar-refractivity contribution in [3.05, 3.63) is 12.3 Å².